The van der Waals surface area contributed by atoms with E-state index in [1.165, 1.54) is 17.3 Å². The van der Waals surface area contributed by atoms with Crippen molar-refractivity contribution in [2.24, 2.45) is 0 Å². The van der Waals surface area contributed by atoms with Gasteiger partial charge in [-0.1, -0.05) is 17.8 Å². The van der Waals surface area contributed by atoms with Crippen LogP contribution < -0.4 is 5.73 Å². The van der Waals surface area contributed by atoms with E-state index in [2.05, 4.69) is 9.97 Å². The Morgan fingerprint density at radius 1 is 1.32 bits per heavy atom. The molecule has 0 spiro atoms. The van der Waals surface area contributed by atoms with Crippen molar-refractivity contribution in [2.75, 3.05) is 5.73 Å². The first-order chi connectivity index (χ1) is 8.97. The lowest BCUT2D eigenvalue weighted by molar-refractivity contribution is -0.388. The van der Waals surface area contributed by atoms with Crippen molar-refractivity contribution in [1.29, 1.82) is 0 Å². The van der Waals surface area contributed by atoms with Gasteiger partial charge in [-0.3, -0.25) is 10.1 Å². The van der Waals surface area contributed by atoms with Gasteiger partial charge in [-0.2, -0.15) is 4.98 Å². The smallest absolute Gasteiger partial charge is 0.320 e. The van der Waals surface area contributed by atoms with E-state index >= 15 is 0 Å². The minimum Gasteiger partial charge on any atom is -0.368 e. The number of hydrogen-bond acceptors (Lipinski definition) is 6. The Hall–Kier alpha value is -2.15. The highest BCUT2D eigenvalue weighted by Crippen LogP contribution is 2.33. The summed E-state index contributed by atoms with van der Waals surface area (Å²) in [5.41, 5.74) is 7.62. The molecule has 2 rings (SSSR count). The van der Waals surface area contributed by atoms with Gasteiger partial charge in [0.25, 0.3) is 0 Å². The first kappa shape index (κ1) is 13.3. The van der Waals surface area contributed by atoms with E-state index in [0.29, 0.717) is 0 Å². The number of aromatic nitrogens is 2. The van der Waals surface area contributed by atoms with E-state index in [-0.39, 0.29) is 16.7 Å². The predicted octanol–water partition coefficient (Wildman–Crippen LogP) is 2.74. The van der Waals surface area contributed by atoms with E-state index < -0.39 is 4.92 Å². The second-order valence-electron chi connectivity index (χ2n) is 4.02. The Balaban J connectivity index is 2.39. The molecule has 1 heterocycles. The Kier molecular flexibility index (Phi) is 3.66. The highest BCUT2D eigenvalue weighted by molar-refractivity contribution is 7.99. The number of nitrogen functional groups attached to an aromatic ring is 1. The molecule has 2 N–H and O–H groups in total. The fourth-order valence-corrected chi connectivity index (χ4v) is 2.43. The van der Waals surface area contributed by atoms with Gasteiger partial charge in [-0.15, -0.1) is 0 Å². The number of benzene rings is 1. The molecule has 0 saturated heterocycles. The molecule has 0 bridgehead atoms. The first-order valence-electron chi connectivity index (χ1n) is 5.49. The third kappa shape index (κ3) is 3.00. The fourth-order valence-electron chi connectivity index (χ4n) is 1.46. The third-order valence-corrected chi connectivity index (χ3v) is 3.63. The van der Waals surface area contributed by atoms with Gasteiger partial charge in [0.05, 0.1) is 4.92 Å². The molecule has 0 aliphatic rings. The Bertz CT molecular complexity index is 646. The number of hydrogen-bond donors (Lipinski definition) is 1. The van der Waals surface area contributed by atoms with E-state index in [4.69, 9.17) is 5.73 Å². The first-order valence-corrected chi connectivity index (χ1v) is 6.31. The van der Waals surface area contributed by atoms with Crippen molar-refractivity contribution in [3.63, 3.8) is 0 Å². The van der Waals surface area contributed by atoms with Crippen LogP contribution in [0.3, 0.4) is 0 Å². The number of nitrogens with zero attached hydrogens (tertiary/aromatic N) is 3. The minimum atomic E-state index is -0.511. The summed E-state index contributed by atoms with van der Waals surface area (Å²) in [6, 6.07) is 5.82. The normalized spacial score (nSPS) is 10.4. The number of anilines is 1. The van der Waals surface area contributed by atoms with Crippen LogP contribution in [0.25, 0.3) is 0 Å². The molecule has 1 aromatic carbocycles. The molecule has 0 unspecified atom stereocenters. The summed E-state index contributed by atoms with van der Waals surface area (Å²) in [5, 5.41) is 11.2. The minimum absolute atomic E-state index is 0.0249. The molecule has 0 atom stereocenters. The zero-order valence-corrected chi connectivity index (χ0v) is 11.3. The third-order valence-electron chi connectivity index (χ3n) is 2.64. The average molecular weight is 276 g/mol. The lowest BCUT2D eigenvalue weighted by Crippen LogP contribution is -2.00. The summed E-state index contributed by atoms with van der Waals surface area (Å²) in [4.78, 5) is 18.9. The Labute approximate surface area is 114 Å². The van der Waals surface area contributed by atoms with Gasteiger partial charge in [0, 0.05) is 4.90 Å². The second kappa shape index (κ2) is 5.23. The van der Waals surface area contributed by atoms with Gasteiger partial charge < -0.3 is 5.73 Å². The van der Waals surface area contributed by atoms with Crippen molar-refractivity contribution in [3.8, 4) is 0 Å². The molecule has 0 aliphatic carbocycles. The van der Waals surface area contributed by atoms with Gasteiger partial charge in [0.15, 0.2) is 5.03 Å². The molecule has 7 heteroatoms. The zero-order valence-electron chi connectivity index (χ0n) is 10.5. The van der Waals surface area contributed by atoms with Crippen LogP contribution >= 0.6 is 11.8 Å². The van der Waals surface area contributed by atoms with Crippen LogP contribution in [-0.4, -0.2) is 14.9 Å². The number of rotatable bonds is 3. The molecule has 0 radical (unpaired) electrons. The molecule has 19 heavy (non-hydrogen) atoms. The maximum absolute atomic E-state index is 10.9. The van der Waals surface area contributed by atoms with Crippen molar-refractivity contribution >= 4 is 23.4 Å². The zero-order chi connectivity index (χ0) is 14.0. The van der Waals surface area contributed by atoms with Gasteiger partial charge in [0.2, 0.25) is 5.95 Å². The lowest BCUT2D eigenvalue weighted by Gasteiger charge is -2.05. The van der Waals surface area contributed by atoms with Gasteiger partial charge >= 0.3 is 5.69 Å². The Morgan fingerprint density at radius 3 is 2.68 bits per heavy atom. The van der Waals surface area contributed by atoms with Gasteiger partial charge in [-0.25, -0.2) is 4.98 Å². The topological polar surface area (TPSA) is 94.9 Å². The van der Waals surface area contributed by atoms with Crippen molar-refractivity contribution in [1.82, 2.24) is 9.97 Å². The molecule has 2 aromatic rings. The molecular weight excluding hydrogens is 264 g/mol. The van der Waals surface area contributed by atoms with Crippen molar-refractivity contribution < 1.29 is 4.92 Å². The number of aryl methyl sites for hydroxylation is 2. The summed E-state index contributed by atoms with van der Waals surface area (Å²) in [5.74, 6) is 0.0249. The quantitative estimate of drug-likeness (QED) is 0.526. The van der Waals surface area contributed by atoms with Crippen LogP contribution in [0, 0.1) is 24.0 Å². The van der Waals surface area contributed by atoms with Gasteiger partial charge in [0.1, 0.15) is 6.20 Å². The molecule has 98 valence electrons. The summed E-state index contributed by atoms with van der Waals surface area (Å²) in [6.45, 7) is 4.00. The number of nitro groups is 1. The van der Waals surface area contributed by atoms with E-state index in [0.717, 1.165) is 16.7 Å². The largest absolute Gasteiger partial charge is 0.368 e. The monoisotopic (exact) mass is 276 g/mol. The molecule has 0 amide bonds. The second-order valence-corrected chi connectivity index (χ2v) is 5.09. The summed E-state index contributed by atoms with van der Waals surface area (Å²) < 4.78 is 0. The van der Waals surface area contributed by atoms with Crippen LogP contribution in [0.5, 0.6) is 0 Å². The molecular formula is C12H12N4O2S. The van der Waals surface area contributed by atoms with Crippen LogP contribution in [0.4, 0.5) is 11.6 Å². The maximum atomic E-state index is 10.9. The highest BCUT2D eigenvalue weighted by atomic mass is 32.2. The number of nitrogens with two attached hydrogens (primary N) is 1. The molecule has 0 fully saturated rings. The van der Waals surface area contributed by atoms with E-state index in [1.54, 1.807) is 0 Å². The van der Waals surface area contributed by atoms with E-state index in [1.807, 2.05) is 32.0 Å². The maximum Gasteiger partial charge on any atom is 0.320 e. The molecule has 6 nitrogen and oxygen atoms in total. The molecule has 0 saturated carbocycles. The van der Waals surface area contributed by atoms with Crippen LogP contribution in [0.1, 0.15) is 11.1 Å². The van der Waals surface area contributed by atoms with Gasteiger partial charge in [-0.05, 0) is 37.1 Å². The van der Waals surface area contributed by atoms with E-state index in [9.17, 15) is 10.1 Å². The molecule has 0 aliphatic heterocycles. The molecule has 1 aromatic heterocycles. The van der Waals surface area contributed by atoms with Crippen LogP contribution in [-0.2, 0) is 0 Å². The van der Waals surface area contributed by atoms with Crippen molar-refractivity contribution in [2.45, 2.75) is 23.8 Å². The Morgan fingerprint density at radius 2 is 2.05 bits per heavy atom. The predicted molar refractivity (Wildman–Crippen MR) is 73.1 cm³/mol. The van der Waals surface area contributed by atoms with Crippen LogP contribution in [0.2, 0.25) is 0 Å². The standard InChI is InChI=1S/C12H12N4O2S/c1-7-3-4-9(5-8(7)2)19-11-10(16(17)18)6-14-12(13)15-11/h3-6H,1-2H3,(H2,13,14,15). The lowest BCUT2D eigenvalue weighted by atomic mass is 10.1. The fraction of sp³-hybridized carbons (Fsp3) is 0.167. The SMILES string of the molecule is Cc1ccc(Sc2nc(N)ncc2[N+](=O)[O-])cc1C. The summed E-state index contributed by atoms with van der Waals surface area (Å²) in [7, 11) is 0. The summed E-state index contributed by atoms with van der Waals surface area (Å²) >= 11 is 1.21. The van der Waals surface area contributed by atoms with Crippen molar-refractivity contribution in [3.05, 3.63) is 45.6 Å². The van der Waals surface area contributed by atoms with Crippen LogP contribution in [0.15, 0.2) is 34.3 Å². The average Bonchev–Trinajstić information content (AvgIpc) is 2.33. The highest BCUT2D eigenvalue weighted by Gasteiger charge is 2.17. The summed E-state index contributed by atoms with van der Waals surface area (Å²) in [6.07, 6.45) is 1.13.